The number of hydrogen-bond acceptors (Lipinski definition) is 1. The Bertz CT molecular complexity index is 100. The molecule has 2 N–H and O–H groups in total. The number of carbonyl (C=O) groups excluding carboxylic acids is 1. The summed E-state index contributed by atoms with van der Waals surface area (Å²) in [6, 6.07) is 0. The van der Waals surface area contributed by atoms with E-state index in [2.05, 4.69) is 0 Å². The molecule has 1 aliphatic rings. The highest BCUT2D eigenvalue weighted by molar-refractivity contribution is 5.79. The molecular formula is C5H9NO. The van der Waals surface area contributed by atoms with Crippen molar-refractivity contribution in [3.63, 3.8) is 0 Å². The lowest BCUT2D eigenvalue weighted by Gasteiger charge is -1.81. The largest absolute Gasteiger partial charge is 0.369 e. The van der Waals surface area contributed by atoms with Crippen molar-refractivity contribution in [2.24, 2.45) is 17.6 Å². The first-order valence-electron chi connectivity index (χ1n) is 2.51. The van der Waals surface area contributed by atoms with Crippen molar-refractivity contribution in [2.45, 2.75) is 13.3 Å². The predicted octanol–water partition coefficient (Wildman–Crippen LogP) is 0.128. The predicted molar refractivity (Wildman–Crippen MR) is 26.5 cm³/mol. The van der Waals surface area contributed by atoms with Crippen molar-refractivity contribution in [1.29, 1.82) is 0 Å². The Morgan fingerprint density at radius 2 is 2.29 bits per heavy atom. The highest BCUT2D eigenvalue weighted by Gasteiger charge is 2.37. The fourth-order valence-corrected chi connectivity index (χ4v) is 0.719. The summed E-state index contributed by atoms with van der Waals surface area (Å²) in [6.45, 7) is 2.04. The first kappa shape index (κ1) is 4.62. The number of rotatable bonds is 1. The maximum absolute atomic E-state index is 10.2. The molecule has 0 aromatic carbocycles. The fraction of sp³-hybridized carbons (Fsp3) is 0.800. The summed E-state index contributed by atoms with van der Waals surface area (Å²) in [5.74, 6) is 0.644. The van der Waals surface area contributed by atoms with E-state index in [4.69, 9.17) is 5.73 Å². The Balaban J connectivity index is 2.33. The molecule has 0 heterocycles. The minimum absolute atomic E-state index is 0.132. The quantitative estimate of drug-likeness (QED) is 0.498. The van der Waals surface area contributed by atoms with Crippen LogP contribution in [0, 0.1) is 11.8 Å². The summed E-state index contributed by atoms with van der Waals surface area (Å²) in [5, 5.41) is 0. The zero-order chi connectivity index (χ0) is 5.44. The molecule has 0 aromatic heterocycles. The summed E-state index contributed by atoms with van der Waals surface area (Å²) in [6.07, 6.45) is 1.01. The van der Waals surface area contributed by atoms with E-state index in [0.717, 1.165) is 6.42 Å². The van der Waals surface area contributed by atoms with Gasteiger partial charge in [0.1, 0.15) is 0 Å². The van der Waals surface area contributed by atoms with E-state index in [1.54, 1.807) is 0 Å². The van der Waals surface area contributed by atoms with Crippen molar-refractivity contribution in [3.8, 4) is 0 Å². The van der Waals surface area contributed by atoms with Gasteiger partial charge in [-0.2, -0.15) is 0 Å². The van der Waals surface area contributed by atoms with Gasteiger partial charge in [0.25, 0.3) is 0 Å². The zero-order valence-corrected chi connectivity index (χ0v) is 4.35. The Morgan fingerprint density at radius 3 is 2.29 bits per heavy atom. The molecule has 2 heteroatoms. The number of hydrogen-bond donors (Lipinski definition) is 1. The van der Waals surface area contributed by atoms with E-state index in [1.165, 1.54) is 0 Å². The van der Waals surface area contributed by atoms with E-state index < -0.39 is 0 Å². The molecule has 1 fully saturated rings. The highest BCUT2D eigenvalue weighted by atomic mass is 16.1. The fourth-order valence-electron chi connectivity index (χ4n) is 0.719. The van der Waals surface area contributed by atoms with Gasteiger partial charge in [0.05, 0.1) is 0 Å². The van der Waals surface area contributed by atoms with Crippen molar-refractivity contribution < 1.29 is 4.79 Å². The molecule has 40 valence electrons. The summed E-state index contributed by atoms with van der Waals surface area (Å²) in [4.78, 5) is 10.2. The number of nitrogens with two attached hydrogens (primary N) is 1. The minimum Gasteiger partial charge on any atom is -0.369 e. The van der Waals surface area contributed by atoms with Crippen LogP contribution >= 0.6 is 0 Å². The summed E-state index contributed by atoms with van der Waals surface area (Å²) >= 11 is 0. The molecule has 0 spiro atoms. The zero-order valence-electron chi connectivity index (χ0n) is 4.35. The molecule has 2 atom stereocenters. The van der Waals surface area contributed by atoms with Gasteiger partial charge in [-0.25, -0.2) is 0 Å². The molecule has 2 nitrogen and oxygen atoms in total. The maximum atomic E-state index is 10.2. The van der Waals surface area contributed by atoms with Crippen LogP contribution in [-0.2, 0) is 4.79 Å². The monoisotopic (exact) mass is 99.1 g/mol. The molecule has 1 aliphatic carbocycles. The van der Waals surface area contributed by atoms with Crippen molar-refractivity contribution in [3.05, 3.63) is 0 Å². The average Bonchev–Trinajstić information content (AvgIpc) is 2.17. The van der Waals surface area contributed by atoms with Crippen LogP contribution in [-0.4, -0.2) is 5.91 Å². The van der Waals surface area contributed by atoms with Crippen LogP contribution in [0.4, 0.5) is 0 Å². The molecule has 2 unspecified atom stereocenters. The Morgan fingerprint density at radius 1 is 1.86 bits per heavy atom. The van der Waals surface area contributed by atoms with E-state index >= 15 is 0 Å². The lowest BCUT2D eigenvalue weighted by atomic mass is 10.3. The van der Waals surface area contributed by atoms with E-state index in [9.17, 15) is 4.79 Å². The summed E-state index contributed by atoms with van der Waals surface area (Å²) < 4.78 is 0. The van der Waals surface area contributed by atoms with Gasteiger partial charge in [-0.15, -0.1) is 0 Å². The molecule has 0 aliphatic heterocycles. The first-order chi connectivity index (χ1) is 3.22. The van der Waals surface area contributed by atoms with Gasteiger partial charge in [-0.3, -0.25) is 4.79 Å². The molecule has 1 saturated carbocycles. The lowest BCUT2D eigenvalue weighted by molar-refractivity contribution is -0.119. The highest BCUT2D eigenvalue weighted by Crippen LogP contribution is 2.36. The normalized spacial score (nSPS) is 37.9. The molecule has 1 amide bonds. The number of primary amides is 1. The molecule has 0 bridgehead atoms. The van der Waals surface area contributed by atoms with E-state index in [1.807, 2.05) is 6.92 Å². The van der Waals surface area contributed by atoms with Gasteiger partial charge in [0.15, 0.2) is 0 Å². The maximum Gasteiger partial charge on any atom is 0.220 e. The summed E-state index contributed by atoms with van der Waals surface area (Å²) in [5.41, 5.74) is 4.95. The lowest BCUT2D eigenvalue weighted by Crippen LogP contribution is -2.13. The van der Waals surface area contributed by atoms with Gasteiger partial charge in [0, 0.05) is 5.92 Å². The SMILES string of the molecule is CC1CC1C(N)=O. The van der Waals surface area contributed by atoms with Crippen molar-refractivity contribution in [2.75, 3.05) is 0 Å². The van der Waals surface area contributed by atoms with Crippen LogP contribution in [0.15, 0.2) is 0 Å². The molecule has 0 aromatic rings. The minimum atomic E-state index is -0.132. The van der Waals surface area contributed by atoms with Crippen LogP contribution in [0.5, 0.6) is 0 Å². The topological polar surface area (TPSA) is 43.1 Å². The molecule has 1 rings (SSSR count). The van der Waals surface area contributed by atoms with Gasteiger partial charge in [-0.1, -0.05) is 6.92 Å². The first-order valence-corrected chi connectivity index (χ1v) is 2.51. The van der Waals surface area contributed by atoms with Crippen molar-refractivity contribution in [1.82, 2.24) is 0 Å². The molecule has 0 saturated heterocycles. The average molecular weight is 99.1 g/mol. The van der Waals surface area contributed by atoms with Gasteiger partial charge in [0.2, 0.25) is 5.91 Å². The van der Waals surface area contributed by atoms with E-state index in [-0.39, 0.29) is 11.8 Å². The molecule has 0 radical (unpaired) electrons. The summed E-state index contributed by atoms with van der Waals surface area (Å²) in [7, 11) is 0. The Hall–Kier alpha value is -0.530. The second-order valence-corrected chi connectivity index (χ2v) is 2.22. The van der Waals surface area contributed by atoms with Gasteiger partial charge in [-0.05, 0) is 12.3 Å². The van der Waals surface area contributed by atoms with Crippen LogP contribution in [0.2, 0.25) is 0 Å². The van der Waals surface area contributed by atoms with E-state index in [0.29, 0.717) is 5.92 Å². The second-order valence-electron chi connectivity index (χ2n) is 2.22. The number of carbonyl (C=O) groups is 1. The molecule has 7 heavy (non-hydrogen) atoms. The third kappa shape index (κ3) is 0.734. The molecular weight excluding hydrogens is 90.1 g/mol. The van der Waals surface area contributed by atoms with Crippen LogP contribution in [0.1, 0.15) is 13.3 Å². The van der Waals surface area contributed by atoms with Gasteiger partial charge >= 0.3 is 0 Å². The Kier molecular flexibility index (Phi) is 0.805. The van der Waals surface area contributed by atoms with Gasteiger partial charge < -0.3 is 5.73 Å². The third-order valence-corrected chi connectivity index (χ3v) is 1.47. The standard InChI is InChI=1S/C5H9NO/c1-3-2-4(3)5(6)7/h3-4H,2H2,1H3,(H2,6,7). The van der Waals surface area contributed by atoms with Crippen LogP contribution in [0.3, 0.4) is 0 Å². The number of amides is 1. The second kappa shape index (κ2) is 1.22. The van der Waals surface area contributed by atoms with Crippen LogP contribution < -0.4 is 5.73 Å². The smallest absolute Gasteiger partial charge is 0.220 e. The Labute approximate surface area is 42.7 Å². The van der Waals surface area contributed by atoms with Crippen LogP contribution in [0.25, 0.3) is 0 Å². The third-order valence-electron chi connectivity index (χ3n) is 1.47. The van der Waals surface area contributed by atoms with Crippen molar-refractivity contribution >= 4 is 5.91 Å².